The molecule has 0 fully saturated rings. The van der Waals surface area contributed by atoms with E-state index in [1.54, 1.807) is 18.2 Å². The number of aromatic hydroxyl groups is 1. The summed E-state index contributed by atoms with van der Waals surface area (Å²) in [5.41, 5.74) is 3.90. The van der Waals surface area contributed by atoms with Crippen molar-refractivity contribution in [3.05, 3.63) is 65.5 Å². The molecular formula is C26H30N6O4. The maximum atomic E-state index is 11.3. The predicted molar refractivity (Wildman–Crippen MR) is 137 cm³/mol. The van der Waals surface area contributed by atoms with Crippen molar-refractivity contribution in [3.63, 3.8) is 0 Å². The average molecular weight is 491 g/mol. The van der Waals surface area contributed by atoms with Crippen molar-refractivity contribution in [2.45, 2.75) is 26.4 Å². The van der Waals surface area contributed by atoms with Crippen LogP contribution in [0, 0.1) is 13.8 Å². The van der Waals surface area contributed by atoms with E-state index in [2.05, 4.69) is 10.2 Å². The summed E-state index contributed by atoms with van der Waals surface area (Å²) in [4.78, 5) is 14.4. The van der Waals surface area contributed by atoms with Crippen LogP contribution < -0.4 is 9.64 Å². The van der Waals surface area contributed by atoms with Gasteiger partial charge in [-0.15, -0.1) is 5.10 Å². The van der Waals surface area contributed by atoms with Crippen molar-refractivity contribution in [1.29, 1.82) is 0 Å². The van der Waals surface area contributed by atoms with Gasteiger partial charge >= 0.3 is 6.09 Å². The third kappa shape index (κ3) is 4.88. The van der Waals surface area contributed by atoms with Gasteiger partial charge in [0.2, 0.25) is 0 Å². The van der Waals surface area contributed by atoms with Crippen molar-refractivity contribution < 1.29 is 19.7 Å². The lowest BCUT2D eigenvalue weighted by Crippen LogP contribution is -2.27. The fraction of sp³-hybridized carbons (Fsp3) is 0.308. The Morgan fingerprint density at radius 2 is 1.83 bits per heavy atom. The van der Waals surface area contributed by atoms with E-state index >= 15 is 0 Å². The second kappa shape index (κ2) is 10.1. The van der Waals surface area contributed by atoms with Gasteiger partial charge in [0, 0.05) is 34.1 Å². The lowest BCUT2D eigenvalue weighted by atomic mass is 10.1. The molecule has 2 aromatic carbocycles. The fourth-order valence-corrected chi connectivity index (χ4v) is 4.16. The van der Waals surface area contributed by atoms with Crippen LogP contribution in [0.15, 0.2) is 48.5 Å². The highest BCUT2D eigenvalue weighted by Crippen LogP contribution is 2.34. The van der Waals surface area contributed by atoms with Crippen LogP contribution in [-0.2, 0) is 0 Å². The quantitative estimate of drug-likeness (QED) is 0.375. The van der Waals surface area contributed by atoms with E-state index in [0.717, 1.165) is 33.5 Å². The molecule has 4 rings (SSSR count). The van der Waals surface area contributed by atoms with Gasteiger partial charge in [-0.1, -0.05) is 24.3 Å². The third-order valence-electron chi connectivity index (χ3n) is 6.07. The average Bonchev–Trinajstić information content (AvgIpc) is 3.19. The van der Waals surface area contributed by atoms with E-state index in [1.165, 1.54) is 11.9 Å². The molecule has 0 aliphatic carbocycles. The molecule has 4 aromatic rings. The number of phenolic OH excluding ortho intramolecular Hbond substituents is 1. The molecule has 0 spiro atoms. The van der Waals surface area contributed by atoms with Gasteiger partial charge in [0.1, 0.15) is 28.8 Å². The predicted octanol–water partition coefficient (Wildman–Crippen LogP) is 4.32. The van der Waals surface area contributed by atoms with Crippen LogP contribution in [-0.4, -0.2) is 68.9 Å². The first-order valence-electron chi connectivity index (χ1n) is 11.6. The summed E-state index contributed by atoms with van der Waals surface area (Å²) in [7, 11) is 5.32. The van der Waals surface area contributed by atoms with Crippen molar-refractivity contribution in [2.75, 3.05) is 32.6 Å². The van der Waals surface area contributed by atoms with E-state index in [-0.39, 0.29) is 12.3 Å². The number of carboxylic acid groups (broad SMARTS) is 1. The Hall–Kier alpha value is -4.34. The van der Waals surface area contributed by atoms with Gasteiger partial charge in [0.25, 0.3) is 0 Å². The number of anilines is 1. The van der Waals surface area contributed by atoms with Crippen LogP contribution in [0.5, 0.6) is 11.5 Å². The van der Waals surface area contributed by atoms with E-state index in [9.17, 15) is 15.0 Å². The van der Waals surface area contributed by atoms with Crippen molar-refractivity contribution in [1.82, 2.24) is 24.9 Å². The zero-order valence-corrected chi connectivity index (χ0v) is 21.0. The van der Waals surface area contributed by atoms with Crippen LogP contribution in [0.4, 0.5) is 10.6 Å². The molecule has 188 valence electrons. The summed E-state index contributed by atoms with van der Waals surface area (Å²) in [6.45, 7) is 4.15. The topological polar surface area (TPSA) is 117 Å². The molecule has 36 heavy (non-hydrogen) atoms. The molecule has 1 unspecified atom stereocenters. The minimum Gasteiger partial charge on any atom is -0.508 e. The van der Waals surface area contributed by atoms with Crippen LogP contribution in [0.1, 0.15) is 29.5 Å². The number of nitrogens with zero attached hydrogens (tertiary/aromatic N) is 6. The number of hydrogen-bond donors (Lipinski definition) is 2. The number of aryl methyl sites for hydroxylation is 2. The standard InChI is InChI=1S/C26H30N6O4/c1-16-23-17(2)32(29-24(23)25(28-27-16)30(3)4)20-11-6-7-12-22(20)36-21(13-14-31(5)26(34)35)18-9-8-10-19(33)15-18/h6-12,15,21,33H,13-14H2,1-5H3,(H,34,35). The molecule has 2 heterocycles. The summed E-state index contributed by atoms with van der Waals surface area (Å²) < 4.78 is 8.32. The Bertz CT molecular complexity index is 1400. The Morgan fingerprint density at radius 1 is 1.08 bits per heavy atom. The molecule has 1 amide bonds. The van der Waals surface area contributed by atoms with Gasteiger partial charge in [-0.2, -0.15) is 10.2 Å². The van der Waals surface area contributed by atoms with E-state index in [4.69, 9.17) is 9.84 Å². The molecule has 10 heteroatoms. The summed E-state index contributed by atoms with van der Waals surface area (Å²) in [5, 5.41) is 33.8. The van der Waals surface area contributed by atoms with E-state index < -0.39 is 12.2 Å². The molecule has 2 aromatic heterocycles. The number of aromatic nitrogens is 4. The van der Waals surface area contributed by atoms with Crippen LogP contribution in [0.3, 0.4) is 0 Å². The second-order valence-electron chi connectivity index (χ2n) is 8.89. The zero-order valence-electron chi connectivity index (χ0n) is 21.0. The van der Waals surface area contributed by atoms with Crippen LogP contribution in [0.25, 0.3) is 16.6 Å². The number of benzene rings is 2. The minimum atomic E-state index is -1.02. The number of phenols is 1. The lowest BCUT2D eigenvalue weighted by Gasteiger charge is -2.23. The van der Waals surface area contributed by atoms with Gasteiger partial charge < -0.3 is 24.7 Å². The van der Waals surface area contributed by atoms with Crippen molar-refractivity contribution in [3.8, 4) is 17.2 Å². The van der Waals surface area contributed by atoms with Gasteiger partial charge in [-0.05, 0) is 43.7 Å². The molecule has 2 N–H and O–H groups in total. The molecule has 0 bridgehead atoms. The van der Waals surface area contributed by atoms with Crippen molar-refractivity contribution >= 4 is 22.8 Å². The molecule has 0 saturated heterocycles. The first kappa shape index (κ1) is 24.8. The first-order chi connectivity index (χ1) is 17.2. The number of hydrogen-bond acceptors (Lipinski definition) is 7. The molecule has 0 aliphatic rings. The Kier molecular flexibility index (Phi) is 6.96. The third-order valence-corrected chi connectivity index (χ3v) is 6.07. The number of carbonyl (C=O) groups is 1. The highest BCUT2D eigenvalue weighted by molar-refractivity contribution is 5.92. The number of amides is 1. The SMILES string of the molecule is Cc1nnc(N(C)C)c2nn(-c3ccccc3OC(CCN(C)C(=O)O)c3cccc(O)c3)c(C)c12. The lowest BCUT2D eigenvalue weighted by molar-refractivity contribution is 0.140. The first-order valence-corrected chi connectivity index (χ1v) is 11.6. The van der Waals surface area contributed by atoms with Crippen LogP contribution in [0.2, 0.25) is 0 Å². The molecular weight excluding hydrogens is 460 g/mol. The van der Waals surface area contributed by atoms with Crippen molar-refractivity contribution in [2.24, 2.45) is 0 Å². The number of rotatable bonds is 8. The Morgan fingerprint density at radius 3 is 2.53 bits per heavy atom. The van der Waals surface area contributed by atoms with E-state index in [1.807, 2.05) is 67.9 Å². The van der Waals surface area contributed by atoms with Gasteiger partial charge in [0.15, 0.2) is 5.82 Å². The fourth-order valence-electron chi connectivity index (χ4n) is 4.16. The second-order valence-corrected chi connectivity index (χ2v) is 8.89. The molecule has 1 atom stereocenters. The highest BCUT2D eigenvalue weighted by Gasteiger charge is 2.22. The maximum Gasteiger partial charge on any atom is 0.407 e. The summed E-state index contributed by atoms with van der Waals surface area (Å²) in [5.74, 6) is 1.36. The smallest absolute Gasteiger partial charge is 0.407 e. The normalized spacial score (nSPS) is 11.9. The molecule has 0 saturated carbocycles. The largest absolute Gasteiger partial charge is 0.508 e. The molecule has 10 nitrogen and oxygen atoms in total. The summed E-state index contributed by atoms with van der Waals surface area (Å²) in [6, 6.07) is 14.4. The van der Waals surface area contributed by atoms with Gasteiger partial charge in [0.05, 0.1) is 16.8 Å². The Labute approximate surface area is 209 Å². The summed E-state index contributed by atoms with van der Waals surface area (Å²) in [6.07, 6.45) is -1.13. The van der Waals surface area contributed by atoms with Crippen LogP contribution >= 0.6 is 0 Å². The van der Waals surface area contributed by atoms with Gasteiger partial charge in [-0.3, -0.25) is 0 Å². The van der Waals surface area contributed by atoms with Gasteiger partial charge in [-0.25, -0.2) is 9.48 Å². The minimum absolute atomic E-state index is 0.113. The monoisotopic (exact) mass is 490 g/mol. The number of ether oxygens (including phenoxy) is 1. The molecule has 0 radical (unpaired) electrons. The summed E-state index contributed by atoms with van der Waals surface area (Å²) >= 11 is 0. The number of para-hydroxylation sites is 2. The number of fused-ring (bicyclic) bond motifs is 1. The zero-order chi connectivity index (χ0) is 26.0. The Balaban J connectivity index is 1.78. The molecule has 0 aliphatic heterocycles. The highest BCUT2D eigenvalue weighted by atomic mass is 16.5. The maximum absolute atomic E-state index is 11.3. The van der Waals surface area contributed by atoms with E-state index in [0.29, 0.717) is 18.0 Å².